The molecule has 1 aromatic carbocycles. The molecule has 2 rings (SSSR count). The summed E-state index contributed by atoms with van der Waals surface area (Å²) in [5.41, 5.74) is 0.666. The molecule has 5 heteroatoms. The van der Waals surface area contributed by atoms with Gasteiger partial charge in [-0.3, -0.25) is 9.13 Å². The number of hydrogen-bond acceptors (Lipinski definition) is 1. The second-order valence-corrected chi connectivity index (χ2v) is 5.22. The van der Waals surface area contributed by atoms with Crippen LogP contribution in [0.3, 0.4) is 0 Å². The maximum absolute atomic E-state index is 13.4. The lowest BCUT2D eigenvalue weighted by Crippen LogP contribution is -2.25. The van der Waals surface area contributed by atoms with Crippen LogP contribution in [0.2, 0.25) is 0 Å². The monoisotopic (exact) mass is 312 g/mol. The van der Waals surface area contributed by atoms with Crippen LogP contribution in [0.4, 0.5) is 4.39 Å². The zero-order chi connectivity index (χ0) is 13.3. The molecule has 0 atom stereocenters. The third-order valence-corrected chi connectivity index (χ3v) is 3.69. The highest BCUT2D eigenvalue weighted by atomic mass is 79.9. The molecule has 0 fully saturated rings. The van der Waals surface area contributed by atoms with Crippen molar-refractivity contribution in [1.82, 2.24) is 9.13 Å². The van der Waals surface area contributed by atoms with Gasteiger partial charge in [0.15, 0.2) is 0 Å². The molecule has 0 aliphatic heterocycles. The SMILES string of the molecule is CC(C)n1ccn(Cc2cccc(F)c2Br)c1=O. The Hall–Kier alpha value is -1.36. The Morgan fingerprint density at radius 2 is 2.06 bits per heavy atom. The van der Waals surface area contributed by atoms with Crippen LogP contribution < -0.4 is 5.69 Å². The van der Waals surface area contributed by atoms with Gasteiger partial charge in [0, 0.05) is 18.4 Å². The predicted octanol–water partition coefficient (Wildman–Crippen LogP) is 3.18. The maximum Gasteiger partial charge on any atom is 0.328 e. The second-order valence-electron chi connectivity index (χ2n) is 4.42. The fourth-order valence-corrected chi connectivity index (χ4v) is 2.19. The van der Waals surface area contributed by atoms with Crippen molar-refractivity contribution in [2.45, 2.75) is 26.4 Å². The minimum absolute atomic E-state index is 0.0823. The van der Waals surface area contributed by atoms with Gasteiger partial charge in [-0.05, 0) is 41.4 Å². The topological polar surface area (TPSA) is 26.9 Å². The van der Waals surface area contributed by atoms with E-state index in [0.717, 1.165) is 5.56 Å². The van der Waals surface area contributed by atoms with Gasteiger partial charge < -0.3 is 0 Å². The average Bonchev–Trinajstić information content (AvgIpc) is 2.67. The van der Waals surface area contributed by atoms with Crippen LogP contribution in [0.15, 0.2) is 39.9 Å². The van der Waals surface area contributed by atoms with E-state index < -0.39 is 0 Å². The zero-order valence-corrected chi connectivity index (χ0v) is 11.8. The molecular weight excluding hydrogens is 299 g/mol. The lowest BCUT2D eigenvalue weighted by Gasteiger charge is -2.07. The van der Waals surface area contributed by atoms with Crippen LogP contribution >= 0.6 is 15.9 Å². The Morgan fingerprint density at radius 3 is 2.67 bits per heavy atom. The first-order valence-electron chi connectivity index (χ1n) is 5.71. The highest BCUT2D eigenvalue weighted by molar-refractivity contribution is 9.10. The third-order valence-electron chi connectivity index (χ3n) is 2.80. The molecule has 1 aromatic heterocycles. The van der Waals surface area contributed by atoms with E-state index in [-0.39, 0.29) is 17.5 Å². The van der Waals surface area contributed by atoms with Crippen LogP contribution in [-0.4, -0.2) is 9.13 Å². The van der Waals surface area contributed by atoms with Gasteiger partial charge in [0.2, 0.25) is 0 Å². The van der Waals surface area contributed by atoms with Crippen molar-refractivity contribution in [2.24, 2.45) is 0 Å². The lowest BCUT2D eigenvalue weighted by atomic mass is 10.2. The summed E-state index contributed by atoms with van der Waals surface area (Å²) in [5, 5.41) is 0. The molecule has 18 heavy (non-hydrogen) atoms. The first kappa shape index (κ1) is 13.1. The summed E-state index contributed by atoms with van der Waals surface area (Å²) >= 11 is 3.20. The van der Waals surface area contributed by atoms with Crippen LogP contribution in [0.1, 0.15) is 25.5 Å². The summed E-state index contributed by atoms with van der Waals surface area (Å²) in [7, 11) is 0. The van der Waals surface area contributed by atoms with Crippen LogP contribution in [-0.2, 0) is 6.54 Å². The molecule has 1 heterocycles. The van der Waals surface area contributed by atoms with Gasteiger partial charge in [-0.15, -0.1) is 0 Å². The Balaban J connectivity index is 2.35. The normalized spacial score (nSPS) is 11.2. The quantitative estimate of drug-likeness (QED) is 0.855. The standard InChI is InChI=1S/C13H14BrFN2O/c1-9(2)17-7-6-16(13(17)18)8-10-4-3-5-11(15)12(10)14/h3-7,9H,8H2,1-2H3. The van der Waals surface area contributed by atoms with E-state index in [2.05, 4.69) is 15.9 Å². The zero-order valence-electron chi connectivity index (χ0n) is 10.2. The predicted molar refractivity (Wildman–Crippen MR) is 72.3 cm³/mol. The molecule has 0 aliphatic rings. The fraction of sp³-hybridized carbons (Fsp3) is 0.308. The number of aromatic nitrogens is 2. The highest BCUT2D eigenvalue weighted by Gasteiger charge is 2.09. The van der Waals surface area contributed by atoms with E-state index in [1.807, 2.05) is 13.8 Å². The van der Waals surface area contributed by atoms with Gasteiger partial charge in [-0.1, -0.05) is 12.1 Å². The minimum Gasteiger partial charge on any atom is -0.297 e. The van der Waals surface area contributed by atoms with Crippen LogP contribution in [0.25, 0.3) is 0 Å². The van der Waals surface area contributed by atoms with Crippen molar-refractivity contribution < 1.29 is 4.39 Å². The molecule has 0 saturated heterocycles. The van der Waals surface area contributed by atoms with Crippen molar-refractivity contribution in [1.29, 1.82) is 0 Å². The van der Waals surface area contributed by atoms with Crippen LogP contribution in [0, 0.1) is 5.82 Å². The Bertz CT molecular complexity index is 616. The molecule has 0 N–H and O–H groups in total. The van der Waals surface area contributed by atoms with Gasteiger partial charge >= 0.3 is 5.69 Å². The van der Waals surface area contributed by atoms with Crippen molar-refractivity contribution >= 4 is 15.9 Å². The third kappa shape index (κ3) is 2.41. The molecule has 3 nitrogen and oxygen atoms in total. The van der Waals surface area contributed by atoms with Crippen molar-refractivity contribution in [2.75, 3.05) is 0 Å². The lowest BCUT2D eigenvalue weighted by molar-refractivity contribution is 0.559. The van der Waals surface area contributed by atoms with E-state index in [1.54, 1.807) is 33.7 Å². The molecule has 0 aliphatic carbocycles. The number of hydrogen-bond donors (Lipinski definition) is 0. The molecule has 0 saturated carbocycles. The largest absolute Gasteiger partial charge is 0.328 e. The average molecular weight is 313 g/mol. The minimum atomic E-state index is -0.316. The number of benzene rings is 1. The maximum atomic E-state index is 13.4. The molecule has 0 unspecified atom stereocenters. The second kappa shape index (κ2) is 5.10. The van der Waals surface area contributed by atoms with E-state index in [0.29, 0.717) is 11.0 Å². The summed E-state index contributed by atoms with van der Waals surface area (Å²) in [4.78, 5) is 12.0. The molecule has 0 amide bonds. The Morgan fingerprint density at radius 1 is 1.33 bits per heavy atom. The van der Waals surface area contributed by atoms with Crippen molar-refractivity contribution in [3.8, 4) is 0 Å². The summed E-state index contributed by atoms with van der Waals surface area (Å²) in [5.74, 6) is -0.316. The van der Waals surface area contributed by atoms with E-state index in [9.17, 15) is 9.18 Å². The van der Waals surface area contributed by atoms with E-state index in [4.69, 9.17) is 0 Å². The molecule has 0 bridgehead atoms. The van der Waals surface area contributed by atoms with Gasteiger partial charge in [-0.25, -0.2) is 9.18 Å². The smallest absolute Gasteiger partial charge is 0.297 e. The van der Waals surface area contributed by atoms with E-state index in [1.165, 1.54) is 6.07 Å². The fourth-order valence-electron chi connectivity index (χ4n) is 1.80. The number of rotatable bonds is 3. The van der Waals surface area contributed by atoms with Crippen molar-refractivity contribution in [3.63, 3.8) is 0 Å². The highest BCUT2D eigenvalue weighted by Crippen LogP contribution is 2.20. The molecular formula is C13H14BrFN2O. The van der Waals surface area contributed by atoms with Gasteiger partial charge in [0.1, 0.15) is 5.82 Å². The Labute approximate surface area is 113 Å². The van der Waals surface area contributed by atoms with Gasteiger partial charge in [0.25, 0.3) is 0 Å². The molecule has 2 aromatic rings. The molecule has 0 spiro atoms. The van der Waals surface area contributed by atoms with Crippen molar-refractivity contribution in [3.05, 3.63) is 56.9 Å². The molecule has 96 valence electrons. The van der Waals surface area contributed by atoms with Gasteiger partial charge in [0.05, 0.1) is 11.0 Å². The Kier molecular flexibility index (Phi) is 3.71. The first-order chi connectivity index (χ1) is 8.50. The summed E-state index contributed by atoms with van der Waals surface area (Å²) in [6, 6.07) is 4.94. The van der Waals surface area contributed by atoms with Gasteiger partial charge in [-0.2, -0.15) is 0 Å². The van der Waals surface area contributed by atoms with E-state index >= 15 is 0 Å². The summed E-state index contributed by atoms with van der Waals surface area (Å²) < 4.78 is 17.0. The summed E-state index contributed by atoms with van der Waals surface area (Å²) in [6.07, 6.45) is 3.47. The number of nitrogens with zero attached hydrogens (tertiary/aromatic N) is 2. The molecule has 0 radical (unpaired) electrons. The van der Waals surface area contributed by atoms with Crippen LogP contribution in [0.5, 0.6) is 0 Å². The number of halogens is 2. The number of imidazole rings is 1. The first-order valence-corrected chi connectivity index (χ1v) is 6.50. The summed E-state index contributed by atoms with van der Waals surface area (Å²) in [6.45, 7) is 4.25.